The number of carbonyl (C=O) groups is 1. The number of rotatable bonds is 5. The van der Waals surface area contributed by atoms with E-state index in [-0.39, 0.29) is 11.7 Å². The predicted molar refractivity (Wildman–Crippen MR) is 87.0 cm³/mol. The first-order chi connectivity index (χ1) is 9.85. The molecule has 3 unspecified atom stereocenters. The Morgan fingerprint density at radius 2 is 2.14 bits per heavy atom. The highest BCUT2D eigenvalue weighted by Crippen LogP contribution is 2.29. The summed E-state index contributed by atoms with van der Waals surface area (Å²) in [6, 6.07) is 0. The van der Waals surface area contributed by atoms with Crippen molar-refractivity contribution < 1.29 is 4.79 Å². The Kier molecular flexibility index (Phi) is 5.31. The van der Waals surface area contributed by atoms with E-state index in [1.165, 1.54) is 19.4 Å². The highest BCUT2D eigenvalue weighted by molar-refractivity contribution is 5.88. The summed E-state index contributed by atoms with van der Waals surface area (Å²) in [5, 5.41) is 3.61. The minimum absolute atomic E-state index is 0.217. The van der Waals surface area contributed by atoms with Gasteiger partial charge in [0.1, 0.15) is 0 Å². The fourth-order valence-corrected chi connectivity index (χ4v) is 3.76. The number of carbonyl (C=O) groups excluding carboxylic acids is 1. The lowest BCUT2D eigenvalue weighted by atomic mass is 9.96. The lowest BCUT2D eigenvalue weighted by Gasteiger charge is -2.34. The van der Waals surface area contributed by atoms with Gasteiger partial charge < -0.3 is 9.80 Å². The maximum absolute atomic E-state index is 12.9. The third-order valence-corrected chi connectivity index (χ3v) is 5.17. The summed E-state index contributed by atoms with van der Waals surface area (Å²) in [5.74, 6) is 1.54. The highest BCUT2D eigenvalue weighted by atomic mass is 16.2. The normalized spacial score (nSPS) is 35.0. The van der Waals surface area contributed by atoms with Crippen LogP contribution >= 0.6 is 0 Å². The third-order valence-electron chi connectivity index (χ3n) is 5.17. The third kappa shape index (κ3) is 3.78. The van der Waals surface area contributed by atoms with Crippen LogP contribution in [0.3, 0.4) is 0 Å². The fraction of sp³-hybridized carbons (Fsp3) is 0.941. The van der Waals surface area contributed by atoms with Gasteiger partial charge in [0.15, 0.2) is 0 Å². The molecule has 2 rings (SSSR count). The van der Waals surface area contributed by atoms with Crippen LogP contribution in [-0.4, -0.2) is 54.1 Å². The largest absolute Gasteiger partial charge is 0.325 e. The van der Waals surface area contributed by atoms with E-state index in [1.807, 2.05) is 0 Å². The van der Waals surface area contributed by atoms with Gasteiger partial charge in [-0.15, -0.1) is 0 Å². The van der Waals surface area contributed by atoms with E-state index in [2.05, 4.69) is 49.9 Å². The molecule has 0 aromatic rings. The van der Waals surface area contributed by atoms with Crippen molar-refractivity contribution in [3.05, 3.63) is 0 Å². The molecule has 21 heavy (non-hydrogen) atoms. The van der Waals surface area contributed by atoms with Crippen LogP contribution in [0.5, 0.6) is 0 Å². The minimum atomic E-state index is -0.361. The van der Waals surface area contributed by atoms with Crippen LogP contribution in [0, 0.1) is 11.8 Å². The van der Waals surface area contributed by atoms with Gasteiger partial charge in [-0.25, -0.2) is 0 Å². The number of hydrogen-bond acceptors (Lipinski definition) is 3. The smallest absolute Gasteiger partial charge is 0.243 e. The SMILES string of the molecule is CCC1(C)NC(CC(C)C)N(CC2CCCN(C)C2)C1=O. The molecule has 3 atom stereocenters. The summed E-state index contributed by atoms with van der Waals surface area (Å²) in [6.07, 6.45) is 4.64. The quantitative estimate of drug-likeness (QED) is 0.845. The number of piperidine rings is 1. The Morgan fingerprint density at radius 1 is 1.43 bits per heavy atom. The predicted octanol–water partition coefficient (Wildman–Crippen LogP) is 2.30. The van der Waals surface area contributed by atoms with E-state index in [4.69, 9.17) is 0 Å². The topological polar surface area (TPSA) is 35.6 Å². The molecule has 0 spiro atoms. The molecule has 2 aliphatic heterocycles. The van der Waals surface area contributed by atoms with E-state index in [1.54, 1.807) is 0 Å². The zero-order valence-electron chi connectivity index (χ0n) is 14.5. The van der Waals surface area contributed by atoms with Crippen LogP contribution in [0.4, 0.5) is 0 Å². The summed E-state index contributed by atoms with van der Waals surface area (Å²) in [6.45, 7) is 11.9. The molecular formula is C17H33N3O. The maximum atomic E-state index is 12.9. The molecule has 4 nitrogen and oxygen atoms in total. The van der Waals surface area contributed by atoms with Crippen molar-refractivity contribution in [3.8, 4) is 0 Å². The van der Waals surface area contributed by atoms with Gasteiger partial charge in [0.25, 0.3) is 0 Å². The second-order valence-electron chi connectivity index (χ2n) is 7.70. The van der Waals surface area contributed by atoms with Crippen molar-refractivity contribution in [2.24, 2.45) is 11.8 Å². The van der Waals surface area contributed by atoms with Crippen molar-refractivity contribution in [1.29, 1.82) is 0 Å². The van der Waals surface area contributed by atoms with Crippen LogP contribution in [-0.2, 0) is 4.79 Å². The number of nitrogens with zero attached hydrogens (tertiary/aromatic N) is 2. The molecule has 2 saturated heterocycles. The molecule has 2 fully saturated rings. The number of amides is 1. The van der Waals surface area contributed by atoms with E-state index < -0.39 is 0 Å². The standard InChI is InChI=1S/C17H33N3O/c1-6-17(4)16(21)20(15(18-17)10-13(2)3)12-14-8-7-9-19(5)11-14/h13-15,18H,6-12H2,1-5H3. The molecule has 1 N–H and O–H groups in total. The van der Waals surface area contributed by atoms with Gasteiger partial charge >= 0.3 is 0 Å². The molecule has 0 radical (unpaired) electrons. The second kappa shape index (κ2) is 6.66. The molecular weight excluding hydrogens is 262 g/mol. The zero-order valence-corrected chi connectivity index (χ0v) is 14.5. The van der Waals surface area contributed by atoms with Crippen molar-refractivity contribution in [2.45, 2.75) is 65.1 Å². The Bertz CT molecular complexity index is 371. The van der Waals surface area contributed by atoms with E-state index in [9.17, 15) is 4.79 Å². The van der Waals surface area contributed by atoms with E-state index in [0.29, 0.717) is 17.7 Å². The van der Waals surface area contributed by atoms with Crippen LogP contribution in [0.25, 0.3) is 0 Å². The van der Waals surface area contributed by atoms with Crippen molar-refractivity contribution >= 4 is 5.91 Å². The molecule has 0 aromatic carbocycles. The van der Waals surface area contributed by atoms with Gasteiger partial charge in [-0.1, -0.05) is 20.8 Å². The summed E-state index contributed by atoms with van der Waals surface area (Å²) >= 11 is 0. The molecule has 2 aliphatic rings. The Labute approximate surface area is 130 Å². The van der Waals surface area contributed by atoms with Gasteiger partial charge in [0.05, 0.1) is 11.7 Å². The molecule has 1 amide bonds. The highest BCUT2D eigenvalue weighted by Gasteiger charge is 2.47. The number of nitrogens with one attached hydrogen (secondary N) is 1. The molecule has 0 bridgehead atoms. The van der Waals surface area contributed by atoms with Crippen molar-refractivity contribution in [1.82, 2.24) is 15.1 Å². The van der Waals surface area contributed by atoms with Crippen molar-refractivity contribution in [2.75, 3.05) is 26.7 Å². The van der Waals surface area contributed by atoms with E-state index in [0.717, 1.165) is 25.9 Å². The van der Waals surface area contributed by atoms with Crippen LogP contribution in [0.1, 0.15) is 53.4 Å². The summed E-state index contributed by atoms with van der Waals surface area (Å²) < 4.78 is 0. The molecule has 0 aliphatic carbocycles. The van der Waals surface area contributed by atoms with Crippen LogP contribution < -0.4 is 5.32 Å². The Hall–Kier alpha value is -0.610. The zero-order chi connectivity index (χ0) is 15.6. The first kappa shape index (κ1) is 16.8. The maximum Gasteiger partial charge on any atom is 0.243 e. The van der Waals surface area contributed by atoms with Gasteiger partial charge in [-0.3, -0.25) is 10.1 Å². The lowest BCUT2D eigenvalue weighted by Crippen LogP contribution is -2.45. The van der Waals surface area contributed by atoms with Crippen LogP contribution in [0.15, 0.2) is 0 Å². The summed E-state index contributed by atoms with van der Waals surface area (Å²) in [5.41, 5.74) is -0.361. The lowest BCUT2D eigenvalue weighted by molar-refractivity contribution is -0.133. The fourth-order valence-electron chi connectivity index (χ4n) is 3.76. The van der Waals surface area contributed by atoms with Gasteiger partial charge in [0.2, 0.25) is 5.91 Å². The average molecular weight is 295 g/mol. The number of likely N-dealkylation sites (tertiary alicyclic amines) is 1. The van der Waals surface area contributed by atoms with Gasteiger partial charge in [0, 0.05) is 13.1 Å². The monoisotopic (exact) mass is 295 g/mol. The summed E-state index contributed by atoms with van der Waals surface area (Å²) in [4.78, 5) is 17.4. The minimum Gasteiger partial charge on any atom is -0.325 e. The second-order valence-corrected chi connectivity index (χ2v) is 7.70. The average Bonchev–Trinajstić information content (AvgIpc) is 2.63. The molecule has 4 heteroatoms. The molecule has 0 aromatic heterocycles. The van der Waals surface area contributed by atoms with Gasteiger partial charge in [-0.2, -0.15) is 0 Å². The number of hydrogen-bond donors (Lipinski definition) is 1. The Balaban J connectivity index is 2.07. The molecule has 2 heterocycles. The van der Waals surface area contributed by atoms with E-state index >= 15 is 0 Å². The molecule has 0 saturated carbocycles. The van der Waals surface area contributed by atoms with Gasteiger partial charge in [-0.05, 0) is 58.0 Å². The first-order valence-electron chi connectivity index (χ1n) is 8.63. The Morgan fingerprint density at radius 3 is 2.71 bits per heavy atom. The molecule has 122 valence electrons. The first-order valence-corrected chi connectivity index (χ1v) is 8.63. The summed E-state index contributed by atoms with van der Waals surface area (Å²) in [7, 11) is 2.19. The van der Waals surface area contributed by atoms with Crippen LogP contribution in [0.2, 0.25) is 0 Å². The van der Waals surface area contributed by atoms with Crippen molar-refractivity contribution in [3.63, 3.8) is 0 Å².